The summed E-state index contributed by atoms with van der Waals surface area (Å²) in [6.45, 7) is 9.82. The maximum atomic E-state index is 5.77. The summed E-state index contributed by atoms with van der Waals surface area (Å²) in [6, 6.07) is 10.7. The molecular weight excluding hydrogens is 184 g/mol. The molecule has 1 aromatic carbocycles. The van der Waals surface area contributed by atoms with Crippen LogP contribution in [0, 0.1) is 17.4 Å². The van der Waals surface area contributed by atoms with Gasteiger partial charge in [0.25, 0.3) is 0 Å². The van der Waals surface area contributed by atoms with Crippen LogP contribution < -0.4 is 4.74 Å². The zero-order valence-corrected chi connectivity index (χ0v) is 10.2. The van der Waals surface area contributed by atoms with Crippen LogP contribution in [0.1, 0.15) is 34.1 Å². The summed E-state index contributed by atoms with van der Waals surface area (Å²) in [7, 11) is 0. The van der Waals surface area contributed by atoms with Gasteiger partial charge in [-0.2, -0.15) is 0 Å². The van der Waals surface area contributed by atoms with Gasteiger partial charge in [0.15, 0.2) is 0 Å². The van der Waals surface area contributed by atoms with E-state index in [9.17, 15) is 0 Å². The fraction of sp³-hybridized carbons (Fsp3) is 0.571. The predicted octanol–water partition coefficient (Wildman–Crippen LogP) is 3.94. The highest BCUT2D eigenvalue weighted by Crippen LogP contribution is 2.29. The summed E-state index contributed by atoms with van der Waals surface area (Å²) in [6.07, 6.45) is 1.16. The van der Waals surface area contributed by atoms with E-state index in [4.69, 9.17) is 4.74 Å². The fourth-order valence-electron chi connectivity index (χ4n) is 1.64. The van der Waals surface area contributed by atoms with Crippen molar-refractivity contribution in [2.24, 2.45) is 11.3 Å². The normalized spacial score (nSPS) is 13.6. The van der Waals surface area contributed by atoms with Crippen LogP contribution in [0.25, 0.3) is 0 Å². The third-order valence-corrected chi connectivity index (χ3v) is 2.86. The van der Waals surface area contributed by atoms with Crippen molar-refractivity contribution < 1.29 is 4.74 Å². The molecule has 0 amide bonds. The molecule has 15 heavy (non-hydrogen) atoms. The van der Waals surface area contributed by atoms with Crippen molar-refractivity contribution >= 4 is 0 Å². The molecule has 1 heteroatoms. The van der Waals surface area contributed by atoms with Gasteiger partial charge in [-0.3, -0.25) is 0 Å². The molecule has 0 fully saturated rings. The van der Waals surface area contributed by atoms with E-state index in [1.807, 2.05) is 24.3 Å². The summed E-state index contributed by atoms with van der Waals surface area (Å²) in [5.41, 5.74) is 0.315. The van der Waals surface area contributed by atoms with Crippen LogP contribution in [0.3, 0.4) is 0 Å². The lowest BCUT2D eigenvalue weighted by Crippen LogP contribution is -2.25. The van der Waals surface area contributed by atoms with Gasteiger partial charge in [-0.1, -0.05) is 39.8 Å². The van der Waals surface area contributed by atoms with Crippen molar-refractivity contribution in [1.29, 1.82) is 0 Å². The molecule has 0 aliphatic rings. The molecule has 0 spiro atoms. The maximum absolute atomic E-state index is 5.77. The van der Waals surface area contributed by atoms with Crippen LogP contribution in [-0.4, -0.2) is 6.61 Å². The van der Waals surface area contributed by atoms with E-state index in [0.717, 1.165) is 18.8 Å². The second-order valence-corrected chi connectivity index (χ2v) is 5.02. The topological polar surface area (TPSA) is 9.23 Å². The third kappa shape index (κ3) is 3.94. The number of rotatable bonds is 4. The van der Waals surface area contributed by atoms with Gasteiger partial charge in [0.2, 0.25) is 0 Å². The first-order chi connectivity index (χ1) is 7.04. The van der Waals surface area contributed by atoms with Gasteiger partial charge in [-0.15, -0.1) is 0 Å². The van der Waals surface area contributed by atoms with Gasteiger partial charge >= 0.3 is 0 Å². The monoisotopic (exact) mass is 205 g/mol. The summed E-state index contributed by atoms with van der Waals surface area (Å²) in [5.74, 6) is 1.54. The van der Waals surface area contributed by atoms with Crippen molar-refractivity contribution in [3.05, 3.63) is 30.3 Å². The van der Waals surface area contributed by atoms with Gasteiger partial charge in [0.05, 0.1) is 6.61 Å². The van der Waals surface area contributed by atoms with Crippen LogP contribution >= 0.6 is 0 Å². The molecule has 0 saturated carbocycles. The maximum Gasteiger partial charge on any atom is 0.119 e. The average Bonchev–Trinajstić information content (AvgIpc) is 2.18. The van der Waals surface area contributed by atoms with Crippen molar-refractivity contribution in [2.75, 3.05) is 6.61 Å². The van der Waals surface area contributed by atoms with Gasteiger partial charge < -0.3 is 4.74 Å². The van der Waals surface area contributed by atoms with Crippen molar-refractivity contribution in [3.8, 4) is 5.75 Å². The first-order valence-corrected chi connectivity index (χ1v) is 5.63. The zero-order chi connectivity index (χ0) is 11.3. The molecule has 1 aromatic rings. The molecule has 0 heterocycles. The van der Waals surface area contributed by atoms with Crippen molar-refractivity contribution in [1.82, 2.24) is 0 Å². The number of hydrogen-bond donors (Lipinski definition) is 0. The molecule has 1 radical (unpaired) electrons. The number of benzene rings is 1. The minimum atomic E-state index is 0.315. The third-order valence-electron chi connectivity index (χ3n) is 2.86. The Hall–Kier alpha value is -0.980. The lowest BCUT2D eigenvalue weighted by atomic mass is 9.80. The first kappa shape index (κ1) is 12.1. The average molecular weight is 205 g/mol. The fourth-order valence-corrected chi connectivity index (χ4v) is 1.64. The molecule has 1 rings (SSSR count). The molecule has 0 aliphatic carbocycles. The van der Waals surface area contributed by atoms with Crippen LogP contribution in [0.5, 0.6) is 5.75 Å². The Morgan fingerprint density at radius 1 is 1.27 bits per heavy atom. The standard InChI is InChI=1S/C14H21O/c1-5-12(14(2,3)4)11-15-13-9-7-6-8-10-13/h7-10,12H,5,11H2,1-4H3. The SMILES string of the molecule is CCC(COc1cc[c]cc1)C(C)(C)C. The van der Waals surface area contributed by atoms with E-state index in [1.54, 1.807) is 0 Å². The van der Waals surface area contributed by atoms with E-state index in [2.05, 4.69) is 33.8 Å². The van der Waals surface area contributed by atoms with Crippen LogP contribution in [0.4, 0.5) is 0 Å². The Labute approximate surface area is 93.5 Å². The summed E-state index contributed by atoms with van der Waals surface area (Å²) in [5, 5.41) is 0. The van der Waals surface area contributed by atoms with Gasteiger partial charge in [-0.25, -0.2) is 0 Å². The lowest BCUT2D eigenvalue weighted by Gasteiger charge is -2.29. The molecular formula is C14H21O. The molecule has 1 nitrogen and oxygen atoms in total. The van der Waals surface area contributed by atoms with E-state index in [1.165, 1.54) is 0 Å². The molecule has 1 unspecified atom stereocenters. The van der Waals surface area contributed by atoms with Gasteiger partial charge in [-0.05, 0) is 36.0 Å². The highest BCUT2D eigenvalue weighted by atomic mass is 16.5. The van der Waals surface area contributed by atoms with Crippen LogP contribution in [0.15, 0.2) is 24.3 Å². The quantitative estimate of drug-likeness (QED) is 0.723. The number of ether oxygens (including phenoxy) is 1. The molecule has 0 aromatic heterocycles. The summed E-state index contributed by atoms with van der Waals surface area (Å²) in [4.78, 5) is 0. The molecule has 83 valence electrons. The Morgan fingerprint density at radius 2 is 1.87 bits per heavy atom. The van der Waals surface area contributed by atoms with Crippen LogP contribution in [-0.2, 0) is 0 Å². The lowest BCUT2D eigenvalue weighted by molar-refractivity contribution is 0.142. The van der Waals surface area contributed by atoms with Gasteiger partial charge in [0, 0.05) is 0 Å². The Balaban J connectivity index is 2.49. The zero-order valence-electron chi connectivity index (χ0n) is 10.2. The summed E-state index contributed by atoms with van der Waals surface area (Å²) < 4.78 is 5.77. The highest BCUT2D eigenvalue weighted by molar-refractivity contribution is 5.20. The molecule has 0 bridgehead atoms. The Bertz CT molecular complexity index is 271. The van der Waals surface area contributed by atoms with E-state index in [0.29, 0.717) is 11.3 Å². The minimum Gasteiger partial charge on any atom is -0.493 e. The van der Waals surface area contributed by atoms with Crippen molar-refractivity contribution in [3.63, 3.8) is 0 Å². The summed E-state index contributed by atoms with van der Waals surface area (Å²) >= 11 is 0. The van der Waals surface area contributed by atoms with Crippen molar-refractivity contribution in [2.45, 2.75) is 34.1 Å². The van der Waals surface area contributed by atoms with E-state index in [-0.39, 0.29) is 0 Å². The smallest absolute Gasteiger partial charge is 0.119 e. The van der Waals surface area contributed by atoms with Crippen LogP contribution in [0.2, 0.25) is 0 Å². The molecule has 0 N–H and O–H groups in total. The van der Waals surface area contributed by atoms with E-state index >= 15 is 0 Å². The van der Waals surface area contributed by atoms with E-state index < -0.39 is 0 Å². The second kappa shape index (κ2) is 5.20. The molecule has 1 atom stereocenters. The minimum absolute atomic E-state index is 0.315. The highest BCUT2D eigenvalue weighted by Gasteiger charge is 2.23. The second-order valence-electron chi connectivity index (χ2n) is 5.02. The Morgan fingerprint density at radius 3 is 2.33 bits per heavy atom. The van der Waals surface area contributed by atoms with Gasteiger partial charge in [0.1, 0.15) is 5.75 Å². The molecule has 0 aliphatic heterocycles. The number of hydrogen-bond acceptors (Lipinski definition) is 1. The predicted molar refractivity (Wildman–Crippen MR) is 64.0 cm³/mol. The largest absolute Gasteiger partial charge is 0.493 e. The Kier molecular flexibility index (Phi) is 4.19. The first-order valence-electron chi connectivity index (χ1n) is 5.63. The molecule has 0 saturated heterocycles.